The van der Waals surface area contributed by atoms with Crippen molar-refractivity contribution in [3.8, 4) is 0 Å². The maximum atomic E-state index is 12.0. The Kier molecular flexibility index (Phi) is 5.68. The van der Waals surface area contributed by atoms with E-state index in [0.29, 0.717) is 12.2 Å². The molecule has 0 bridgehead atoms. The van der Waals surface area contributed by atoms with E-state index >= 15 is 0 Å². The molecule has 1 aromatic heterocycles. The van der Waals surface area contributed by atoms with Gasteiger partial charge in [0, 0.05) is 25.5 Å². The first-order chi connectivity index (χ1) is 11.1. The summed E-state index contributed by atoms with van der Waals surface area (Å²) >= 11 is 0. The summed E-state index contributed by atoms with van der Waals surface area (Å²) in [4.78, 5) is 23.2. The Morgan fingerprint density at radius 2 is 2.17 bits per heavy atom. The van der Waals surface area contributed by atoms with Crippen LogP contribution in [0.15, 0.2) is 49.3 Å². The third-order valence-electron chi connectivity index (χ3n) is 3.24. The van der Waals surface area contributed by atoms with Crippen molar-refractivity contribution in [3.05, 3.63) is 60.4 Å². The van der Waals surface area contributed by atoms with E-state index in [1.54, 1.807) is 29.1 Å². The van der Waals surface area contributed by atoms with Gasteiger partial charge in [-0.05, 0) is 35.8 Å². The summed E-state index contributed by atoms with van der Waals surface area (Å²) in [6.07, 6.45) is 5.94. The molecule has 0 aliphatic heterocycles. The third kappa shape index (κ3) is 5.43. The molecule has 6 nitrogen and oxygen atoms in total. The van der Waals surface area contributed by atoms with Crippen molar-refractivity contribution < 1.29 is 9.59 Å². The SMILES string of the molecule is C=CC(=O)Nc1cccc(CC(=O)NCCc2cnn(C)c2)c1. The van der Waals surface area contributed by atoms with Gasteiger partial charge in [0.05, 0.1) is 12.6 Å². The van der Waals surface area contributed by atoms with Gasteiger partial charge in [0.1, 0.15) is 0 Å². The summed E-state index contributed by atoms with van der Waals surface area (Å²) in [6, 6.07) is 7.20. The zero-order valence-electron chi connectivity index (χ0n) is 13.1. The molecule has 2 rings (SSSR count). The minimum absolute atomic E-state index is 0.0545. The van der Waals surface area contributed by atoms with E-state index in [0.717, 1.165) is 17.5 Å². The van der Waals surface area contributed by atoms with Gasteiger partial charge >= 0.3 is 0 Å². The molecule has 0 aliphatic carbocycles. The van der Waals surface area contributed by atoms with Crippen LogP contribution in [0.5, 0.6) is 0 Å². The fourth-order valence-corrected chi connectivity index (χ4v) is 2.15. The van der Waals surface area contributed by atoms with Crippen molar-refractivity contribution in [2.75, 3.05) is 11.9 Å². The lowest BCUT2D eigenvalue weighted by Gasteiger charge is -2.07. The Bertz CT molecular complexity index is 706. The van der Waals surface area contributed by atoms with Crippen molar-refractivity contribution in [2.45, 2.75) is 12.8 Å². The molecule has 120 valence electrons. The standard InChI is InChI=1S/C17H20N4O2/c1-3-16(22)20-15-6-4-5-13(9-15)10-17(23)18-8-7-14-11-19-21(2)12-14/h3-6,9,11-12H,1,7-8,10H2,2H3,(H,18,23)(H,20,22). The van der Waals surface area contributed by atoms with E-state index in [2.05, 4.69) is 22.3 Å². The van der Waals surface area contributed by atoms with Gasteiger partial charge in [0.25, 0.3) is 0 Å². The second-order valence-corrected chi connectivity index (χ2v) is 5.19. The van der Waals surface area contributed by atoms with Crippen LogP contribution in [0.25, 0.3) is 0 Å². The van der Waals surface area contributed by atoms with Gasteiger partial charge < -0.3 is 10.6 Å². The Balaban J connectivity index is 1.81. The highest BCUT2D eigenvalue weighted by atomic mass is 16.2. The lowest BCUT2D eigenvalue weighted by Crippen LogP contribution is -2.27. The molecular weight excluding hydrogens is 292 g/mol. The van der Waals surface area contributed by atoms with Gasteiger partial charge in [-0.15, -0.1) is 0 Å². The zero-order chi connectivity index (χ0) is 16.7. The van der Waals surface area contributed by atoms with Crippen molar-refractivity contribution in [2.24, 2.45) is 7.05 Å². The van der Waals surface area contributed by atoms with Crippen LogP contribution in [0, 0.1) is 0 Å². The molecule has 1 heterocycles. The Morgan fingerprint density at radius 3 is 2.87 bits per heavy atom. The van der Waals surface area contributed by atoms with Crippen LogP contribution in [0.1, 0.15) is 11.1 Å². The van der Waals surface area contributed by atoms with E-state index in [4.69, 9.17) is 0 Å². The Labute approximate surface area is 135 Å². The summed E-state index contributed by atoms with van der Waals surface area (Å²) < 4.78 is 1.74. The molecular formula is C17H20N4O2. The molecule has 1 aromatic carbocycles. The van der Waals surface area contributed by atoms with E-state index in [1.807, 2.05) is 19.3 Å². The molecule has 2 N–H and O–H groups in total. The fourth-order valence-electron chi connectivity index (χ4n) is 2.15. The molecule has 2 aromatic rings. The number of carbonyl (C=O) groups is 2. The molecule has 2 amide bonds. The minimum atomic E-state index is -0.275. The highest BCUT2D eigenvalue weighted by Crippen LogP contribution is 2.11. The molecule has 0 aliphatic rings. The quantitative estimate of drug-likeness (QED) is 0.760. The largest absolute Gasteiger partial charge is 0.355 e. The number of hydrogen-bond acceptors (Lipinski definition) is 3. The number of nitrogens with one attached hydrogen (secondary N) is 2. The summed E-state index contributed by atoms with van der Waals surface area (Å²) in [6.45, 7) is 3.97. The number of benzene rings is 1. The summed E-state index contributed by atoms with van der Waals surface area (Å²) in [5.41, 5.74) is 2.57. The topological polar surface area (TPSA) is 76.0 Å². The second-order valence-electron chi connectivity index (χ2n) is 5.19. The second kappa shape index (κ2) is 7.93. The molecule has 0 saturated carbocycles. The summed E-state index contributed by atoms with van der Waals surface area (Å²) in [7, 11) is 1.86. The lowest BCUT2D eigenvalue weighted by molar-refractivity contribution is -0.120. The van der Waals surface area contributed by atoms with E-state index in [9.17, 15) is 9.59 Å². The molecule has 0 radical (unpaired) electrons. The van der Waals surface area contributed by atoms with Gasteiger partial charge in [-0.25, -0.2) is 0 Å². The van der Waals surface area contributed by atoms with Crippen molar-refractivity contribution >= 4 is 17.5 Å². The number of amides is 2. The molecule has 0 atom stereocenters. The fraction of sp³-hybridized carbons (Fsp3) is 0.235. The predicted octanol–water partition coefficient (Wildman–Crippen LogP) is 1.45. The molecule has 0 unspecified atom stereocenters. The van der Waals surface area contributed by atoms with Gasteiger partial charge in [-0.2, -0.15) is 5.10 Å². The lowest BCUT2D eigenvalue weighted by atomic mass is 10.1. The summed E-state index contributed by atoms with van der Waals surface area (Å²) in [5, 5.41) is 9.64. The van der Waals surface area contributed by atoms with E-state index < -0.39 is 0 Å². The van der Waals surface area contributed by atoms with Crippen molar-refractivity contribution in [1.82, 2.24) is 15.1 Å². The first-order valence-electron chi connectivity index (χ1n) is 7.33. The van der Waals surface area contributed by atoms with E-state index in [1.165, 1.54) is 6.08 Å². The van der Waals surface area contributed by atoms with Gasteiger partial charge in [-0.1, -0.05) is 18.7 Å². The molecule has 0 spiro atoms. The van der Waals surface area contributed by atoms with Crippen LogP contribution >= 0.6 is 0 Å². The normalized spacial score (nSPS) is 10.1. The first kappa shape index (κ1) is 16.5. The van der Waals surface area contributed by atoms with Gasteiger partial charge in [-0.3, -0.25) is 14.3 Å². The number of hydrogen-bond donors (Lipinski definition) is 2. The first-order valence-corrected chi connectivity index (χ1v) is 7.33. The van der Waals surface area contributed by atoms with Crippen molar-refractivity contribution in [3.63, 3.8) is 0 Å². The summed E-state index contributed by atoms with van der Waals surface area (Å²) in [5.74, 6) is -0.329. The smallest absolute Gasteiger partial charge is 0.247 e. The van der Waals surface area contributed by atoms with Crippen LogP contribution in [-0.4, -0.2) is 28.1 Å². The predicted molar refractivity (Wildman–Crippen MR) is 88.9 cm³/mol. The van der Waals surface area contributed by atoms with Crippen LogP contribution in [-0.2, 0) is 29.5 Å². The number of rotatable bonds is 7. The molecule has 0 fully saturated rings. The highest BCUT2D eigenvalue weighted by Gasteiger charge is 2.05. The van der Waals surface area contributed by atoms with Crippen LogP contribution in [0.2, 0.25) is 0 Å². The number of aromatic nitrogens is 2. The third-order valence-corrected chi connectivity index (χ3v) is 3.24. The molecule has 0 saturated heterocycles. The number of carbonyl (C=O) groups excluding carboxylic acids is 2. The van der Waals surface area contributed by atoms with Crippen LogP contribution in [0.3, 0.4) is 0 Å². The minimum Gasteiger partial charge on any atom is -0.355 e. The average Bonchev–Trinajstić information content (AvgIpc) is 2.93. The zero-order valence-corrected chi connectivity index (χ0v) is 13.1. The van der Waals surface area contributed by atoms with Crippen molar-refractivity contribution in [1.29, 1.82) is 0 Å². The molecule has 6 heteroatoms. The average molecular weight is 312 g/mol. The number of aryl methyl sites for hydroxylation is 1. The van der Waals surface area contributed by atoms with Crippen LogP contribution in [0.4, 0.5) is 5.69 Å². The monoisotopic (exact) mass is 312 g/mol. The van der Waals surface area contributed by atoms with Gasteiger partial charge in [0.15, 0.2) is 0 Å². The Hall–Kier alpha value is -2.89. The number of nitrogens with zero attached hydrogens (tertiary/aromatic N) is 2. The maximum Gasteiger partial charge on any atom is 0.247 e. The number of anilines is 1. The maximum absolute atomic E-state index is 12.0. The Morgan fingerprint density at radius 1 is 1.35 bits per heavy atom. The van der Waals surface area contributed by atoms with Crippen LogP contribution < -0.4 is 10.6 Å². The van der Waals surface area contributed by atoms with Gasteiger partial charge in [0.2, 0.25) is 11.8 Å². The molecule has 23 heavy (non-hydrogen) atoms. The van der Waals surface area contributed by atoms with E-state index in [-0.39, 0.29) is 18.2 Å². The highest BCUT2D eigenvalue weighted by molar-refractivity contribution is 5.98.